The van der Waals surface area contributed by atoms with Gasteiger partial charge in [0.05, 0.1) is 23.4 Å². The van der Waals surface area contributed by atoms with Crippen molar-refractivity contribution in [3.05, 3.63) is 18.2 Å². The zero-order valence-corrected chi connectivity index (χ0v) is 9.71. The second-order valence-corrected chi connectivity index (χ2v) is 4.14. The fourth-order valence-electron chi connectivity index (χ4n) is 1.40. The largest absolute Gasteiger partial charge is 0.494 e. The minimum atomic E-state index is 0.415. The molecule has 0 radical (unpaired) electrons. The van der Waals surface area contributed by atoms with Crippen LogP contribution in [0.15, 0.2) is 23.4 Å². The molecule has 1 N–H and O–H groups in total. The Kier molecular flexibility index (Phi) is 3.46. The van der Waals surface area contributed by atoms with E-state index in [1.807, 2.05) is 25.1 Å². The molecular weight excluding hydrogens is 224 g/mol. The molecule has 4 nitrogen and oxygen atoms in total. The number of benzene rings is 1. The summed E-state index contributed by atoms with van der Waals surface area (Å²) >= 11 is 1.39. The van der Waals surface area contributed by atoms with Gasteiger partial charge in [-0.1, -0.05) is 11.8 Å². The molecule has 0 fully saturated rings. The highest BCUT2D eigenvalue weighted by Crippen LogP contribution is 2.22. The van der Waals surface area contributed by atoms with Crippen molar-refractivity contribution in [1.29, 1.82) is 0 Å². The molecule has 1 heterocycles. The number of fused-ring (bicyclic) bond motifs is 1. The Hall–Kier alpha value is -1.49. The Balaban J connectivity index is 2.26. The number of H-pyrrole nitrogens is 1. The van der Waals surface area contributed by atoms with Crippen LogP contribution < -0.4 is 4.74 Å². The number of imidazole rings is 1. The van der Waals surface area contributed by atoms with Crippen molar-refractivity contribution in [3.63, 3.8) is 0 Å². The summed E-state index contributed by atoms with van der Waals surface area (Å²) in [4.78, 5) is 17.7. The summed E-state index contributed by atoms with van der Waals surface area (Å²) in [6, 6.07) is 5.71. The number of carbonyl (C=O) groups is 1. The lowest BCUT2D eigenvalue weighted by atomic mass is 10.3. The van der Waals surface area contributed by atoms with Gasteiger partial charge in [-0.05, 0) is 19.1 Å². The molecule has 0 saturated carbocycles. The van der Waals surface area contributed by atoms with E-state index in [1.165, 1.54) is 11.8 Å². The number of hydrogen-bond donors (Lipinski definition) is 1. The monoisotopic (exact) mass is 236 g/mol. The second kappa shape index (κ2) is 5.03. The van der Waals surface area contributed by atoms with Gasteiger partial charge in [-0.25, -0.2) is 4.98 Å². The number of aromatic amines is 1. The molecule has 0 amide bonds. The molecule has 16 heavy (non-hydrogen) atoms. The first-order chi connectivity index (χ1) is 7.83. The van der Waals surface area contributed by atoms with Crippen LogP contribution in [0.1, 0.15) is 6.92 Å². The van der Waals surface area contributed by atoms with E-state index in [4.69, 9.17) is 4.74 Å². The fourth-order valence-corrected chi connectivity index (χ4v) is 1.97. The molecule has 84 valence electrons. The molecule has 0 spiro atoms. The van der Waals surface area contributed by atoms with Crippen LogP contribution in [0.4, 0.5) is 0 Å². The Morgan fingerprint density at radius 2 is 2.44 bits per heavy atom. The fraction of sp³-hybridized carbons (Fsp3) is 0.273. The number of nitrogens with one attached hydrogen (secondary N) is 1. The molecule has 5 heteroatoms. The number of ether oxygens (including phenoxy) is 1. The quantitative estimate of drug-likeness (QED) is 0.639. The van der Waals surface area contributed by atoms with E-state index >= 15 is 0 Å². The predicted molar refractivity (Wildman–Crippen MR) is 64.1 cm³/mol. The number of thioether (sulfide) groups is 1. The molecule has 1 aromatic heterocycles. The number of carbonyl (C=O) groups excluding carboxylic acids is 1. The van der Waals surface area contributed by atoms with Crippen LogP contribution >= 0.6 is 11.8 Å². The van der Waals surface area contributed by atoms with E-state index in [0.29, 0.717) is 12.4 Å². The summed E-state index contributed by atoms with van der Waals surface area (Å²) < 4.78 is 5.39. The Labute approximate surface area is 97.4 Å². The average molecular weight is 236 g/mol. The van der Waals surface area contributed by atoms with Crippen molar-refractivity contribution in [3.8, 4) is 5.75 Å². The normalized spacial score (nSPS) is 10.6. The summed E-state index contributed by atoms with van der Waals surface area (Å²) in [6.07, 6.45) is 0.865. The molecule has 0 aliphatic rings. The molecule has 2 rings (SSSR count). The van der Waals surface area contributed by atoms with E-state index in [1.54, 1.807) is 0 Å². The van der Waals surface area contributed by atoms with E-state index in [0.717, 1.165) is 28.2 Å². The maximum absolute atomic E-state index is 10.3. The number of aromatic nitrogens is 2. The number of hydrogen-bond acceptors (Lipinski definition) is 4. The molecule has 0 aliphatic carbocycles. The molecule has 0 atom stereocenters. The maximum atomic E-state index is 10.3. The summed E-state index contributed by atoms with van der Waals surface area (Å²) in [5, 5.41) is 0.760. The van der Waals surface area contributed by atoms with Crippen LogP contribution in [0, 0.1) is 0 Å². The van der Waals surface area contributed by atoms with Crippen molar-refractivity contribution in [2.75, 3.05) is 12.4 Å². The van der Waals surface area contributed by atoms with Gasteiger partial charge in [-0.15, -0.1) is 0 Å². The van der Waals surface area contributed by atoms with Crippen molar-refractivity contribution >= 4 is 29.1 Å². The lowest BCUT2D eigenvalue weighted by Crippen LogP contribution is -1.90. The maximum Gasteiger partial charge on any atom is 0.166 e. The highest BCUT2D eigenvalue weighted by atomic mass is 32.2. The van der Waals surface area contributed by atoms with Gasteiger partial charge in [0.1, 0.15) is 12.0 Å². The molecular formula is C11H12N2O2S. The van der Waals surface area contributed by atoms with Gasteiger partial charge < -0.3 is 14.5 Å². The summed E-state index contributed by atoms with van der Waals surface area (Å²) in [7, 11) is 0. The van der Waals surface area contributed by atoms with Crippen LogP contribution in [0.3, 0.4) is 0 Å². The third kappa shape index (κ3) is 2.36. The molecule has 1 aromatic carbocycles. The SMILES string of the molecule is CCOc1ccc2nc(SCC=O)[nH]c2c1. The van der Waals surface area contributed by atoms with Gasteiger partial charge in [0.25, 0.3) is 0 Å². The van der Waals surface area contributed by atoms with Gasteiger partial charge in [0.15, 0.2) is 5.16 Å². The first kappa shape index (κ1) is 11.0. The highest BCUT2D eigenvalue weighted by Gasteiger charge is 2.04. The lowest BCUT2D eigenvalue weighted by molar-refractivity contribution is -0.105. The summed E-state index contributed by atoms with van der Waals surface area (Å²) in [5.41, 5.74) is 1.82. The minimum Gasteiger partial charge on any atom is -0.494 e. The average Bonchev–Trinajstić information content (AvgIpc) is 2.68. The topological polar surface area (TPSA) is 55.0 Å². The Morgan fingerprint density at radius 3 is 3.19 bits per heavy atom. The van der Waals surface area contributed by atoms with Crippen LogP contribution in [-0.4, -0.2) is 28.6 Å². The standard InChI is InChI=1S/C11H12N2O2S/c1-2-15-8-3-4-9-10(7-8)13-11(12-9)16-6-5-14/h3-5,7H,2,6H2,1H3,(H,12,13). The zero-order chi connectivity index (χ0) is 11.4. The molecule has 0 aliphatic heterocycles. The molecule has 0 unspecified atom stereocenters. The van der Waals surface area contributed by atoms with E-state index in [2.05, 4.69) is 9.97 Å². The van der Waals surface area contributed by atoms with Gasteiger partial charge in [0.2, 0.25) is 0 Å². The van der Waals surface area contributed by atoms with Crippen LogP contribution in [0.5, 0.6) is 5.75 Å². The number of nitrogens with zero attached hydrogens (tertiary/aromatic N) is 1. The van der Waals surface area contributed by atoms with Crippen molar-refractivity contribution in [2.45, 2.75) is 12.1 Å². The zero-order valence-electron chi connectivity index (χ0n) is 8.90. The van der Waals surface area contributed by atoms with E-state index in [9.17, 15) is 4.79 Å². The van der Waals surface area contributed by atoms with Gasteiger partial charge >= 0.3 is 0 Å². The number of rotatable bonds is 5. The van der Waals surface area contributed by atoms with Crippen molar-refractivity contribution < 1.29 is 9.53 Å². The second-order valence-electron chi connectivity index (χ2n) is 3.13. The van der Waals surface area contributed by atoms with Gasteiger partial charge in [-0.2, -0.15) is 0 Å². The van der Waals surface area contributed by atoms with Crippen molar-refractivity contribution in [2.24, 2.45) is 0 Å². The predicted octanol–water partition coefficient (Wildman–Crippen LogP) is 2.25. The Bertz CT molecular complexity index is 496. The third-order valence-corrected chi connectivity index (χ3v) is 2.80. The first-order valence-electron chi connectivity index (χ1n) is 5.02. The first-order valence-corrected chi connectivity index (χ1v) is 6.01. The summed E-state index contributed by atoms with van der Waals surface area (Å²) in [6.45, 7) is 2.59. The van der Waals surface area contributed by atoms with E-state index < -0.39 is 0 Å². The highest BCUT2D eigenvalue weighted by molar-refractivity contribution is 7.99. The summed E-state index contributed by atoms with van der Waals surface area (Å²) in [5.74, 6) is 1.24. The Morgan fingerprint density at radius 1 is 1.56 bits per heavy atom. The lowest BCUT2D eigenvalue weighted by Gasteiger charge is -2.00. The van der Waals surface area contributed by atoms with Crippen LogP contribution in [-0.2, 0) is 4.79 Å². The smallest absolute Gasteiger partial charge is 0.166 e. The molecule has 2 aromatic rings. The molecule has 0 saturated heterocycles. The molecule has 0 bridgehead atoms. The van der Waals surface area contributed by atoms with Gasteiger partial charge in [0, 0.05) is 6.07 Å². The van der Waals surface area contributed by atoms with Gasteiger partial charge in [-0.3, -0.25) is 0 Å². The van der Waals surface area contributed by atoms with Crippen LogP contribution in [0.2, 0.25) is 0 Å². The third-order valence-electron chi connectivity index (χ3n) is 2.03. The van der Waals surface area contributed by atoms with E-state index in [-0.39, 0.29) is 0 Å². The van der Waals surface area contributed by atoms with Crippen LogP contribution in [0.25, 0.3) is 11.0 Å². The minimum absolute atomic E-state index is 0.415. The van der Waals surface area contributed by atoms with Crippen molar-refractivity contribution in [1.82, 2.24) is 9.97 Å². The number of aldehydes is 1.